The maximum atomic E-state index is 12.7. The van der Waals surface area contributed by atoms with E-state index in [0.29, 0.717) is 35.3 Å². The highest BCUT2D eigenvalue weighted by atomic mass is 32.1. The summed E-state index contributed by atoms with van der Waals surface area (Å²) in [7, 11) is 3.12. The highest BCUT2D eigenvalue weighted by Crippen LogP contribution is 2.31. The molecule has 2 heterocycles. The number of nitrogens with zero attached hydrogens (tertiary/aromatic N) is 2. The number of para-hydroxylation sites is 1. The van der Waals surface area contributed by atoms with Gasteiger partial charge in [0, 0.05) is 6.07 Å². The van der Waals surface area contributed by atoms with E-state index in [-0.39, 0.29) is 12.0 Å². The van der Waals surface area contributed by atoms with E-state index in [1.165, 1.54) is 11.3 Å². The molecular weight excluding hydrogens is 352 g/mol. The highest BCUT2D eigenvalue weighted by Gasteiger charge is 2.34. The lowest BCUT2D eigenvalue weighted by atomic mass is 10.1. The van der Waals surface area contributed by atoms with Crippen LogP contribution in [0.15, 0.2) is 42.5 Å². The number of benzene rings is 2. The molecule has 3 aromatic rings. The van der Waals surface area contributed by atoms with Crippen molar-refractivity contribution in [1.29, 1.82) is 0 Å². The molecule has 0 atom stereocenters. The van der Waals surface area contributed by atoms with E-state index >= 15 is 0 Å². The minimum absolute atomic E-state index is 0.0382. The van der Waals surface area contributed by atoms with Crippen molar-refractivity contribution < 1.29 is 19.0 Å². The van der Waals surface area contributed by atoms with Crippen LogP contribution in [0.2, 0.25) is 0 Å². The fourth-order valence-electron chi connectivity index (χ4n) is 2.87. The molecule has 6 nitrogen and oxygen atoms in total. The van der Waals surface area contributed by atoms with Crippen molar-refractivity contribution in [2.75, 3.05) is 27.3 Å². The molecular formula is C19H18N2O4S. The molecule has 0 saturated carbocycles. The Kier molecular flexibility index (Phi) is 4.38. The number of hydrogen-bond acceptors (Lipinski definition) is 6. The minimum atomic E-state index is -0.0753. The SMILES string of the molecule is COc1ccc(C(=O)N2CC(Oc3nc4ccccc4s3)C2)c(OC)c1. The second-order valence-corrected chi connectivity index (χ2v) is 6.96. The molecule has 4 rings (SSSR count). The van der Waals surface area contributed by atoms with Crippen molar-refractivity contribution in [2.45, 2.75) is 6.10 Å². The van der Waals surface area contributed by atoms with Gasteiger partial charge >= 0.3 is 0 Å². The standard InChI is InChI=1S/C19H18N2O4S/c1-23-12-7-8-14(16(9-12)24-2)18(22)21-10-13(11-21)25-19-20-15-5-3-4-6-17(15)26-19/h3-9,13H,10-11H2,1-2H3. The molecule has 0 bridgehead atoms. The number of aromatic nitrogens is 1. The van der Waals surface area contributed by atoms with Gasteiger partial charge in [-0.3, -0.25) is 4.79 Å². The smallest absolute Gasteiger partial charge is 0.274 e. The molecule has 0 spiro atoms. The summed E-state index contributed by atoms with van der Waals surface area (Å²) in [6, 6.07) is 13.1. The van der Waals surface area contributed by atoms with E-state index in [2.05, 4.69) is 4.98 Å². The molecule has 1 aromatic heterocycles. The van der Waals surface area contributed by atoms with E-state index in [9.17, 15) is 4.79 Å². The van der Waals surface area contributed by atoms with Gasteiger partial charge in [-0.05, 0) is 24.3 Å². The summed E-state index contributed by atoms with van der Waals surface area (Å²) >= 11 is 1.52. The van der Waals surface area contributed by atoms with Crippen LogP contribution in [0.5, 0.6) is 16.7 Å². The molecule has 1 saturated heterocycles. The number of ether oxygens (including phenoxy) is 3. The Hall–Kier alpha value is -2.80. The Balaban J connectivity index is 1.40. The van der Waals surface area contributed by atoms with Crippen molar-refractivity contribution in [3.63, 3.8) is 0 Å². The van der Waals surface area contributed by atoms with Crippen LogP contribution in [0.3, 0.4) is 0 Å². The van der Waals surface area contributed by atoms with Crippen LogP contribution in [-0.2, 0) is 0 Å². The molecule has 2 aromatic carbocycles. The van der Waals surface area contributed by atoms with Gasteiger partial charge in [0.25, 0.3) is 11.1 Å². The third kappa shape index (κ3) is 3.06. The first-order valence-electron chi connectivity index (χ1n) is 8.21. The Bertz CT molecular complexity index is 917. The third-order valence-corrected chi connectivity index (χ3v) is 5.24. The number of fused-ring (bicyclic) bond motifs is 1. The number of rotatable bonds is 5. The topological polar surface area (TPSA) is 60.9 Å². The lowest BCUT2D eigenvalue weighted by molar-refractivity contribution is 0.0175. The predicted octanol–water partition coefficient (Wildman–Crippen LogP) is 3.22. The second-order valence-electron chi connectivity index (χ2n) is 5.96. The van der Waals surface area contributed by atoms with Gasteiger partial charge in [-0.25, -0.2) is 4.98 Å². The van der Waals surface area contributed by atoms with Gasteiger partial charge in [0.2, 0.25) is 0 Å². The number of carbonyl (C=O) groups is 1. The first-order chi connectivity index (χ1) is 12.7. The zero-order valence-electron chi connectivity index (χ0n) is 14.5. The molecule has 26 heavy (non-hydrogen) atoms. The number of methoxy groups -OCH3 is 2. The maximum Gasteiger partial charge on any atom is 0.274 e. The van der Waals surface area contributed by atoms with Gasteiger partial charge in [0.05, 0.1) is 43.1 Å². The van der Waals surface area contributed by atoms with Crippen molar-refractivity contribution in [2.24, 2.45) is 0 Å². The fourth-order valence-corrected chi connectivity index (χ4v) is 3.75. The quantitative estimate of drug-likeness (QED) is 0.690. The zero-order valence-corrected chi connectivity index (χ0v) is 15.3. The molecule has 134 valence electrons. The Labute approximate surface area is 154 Å². The number of likely N-dealkylation sites (tertiary alicyclic amines) is 1. The molecule has 1 aliphatic heterocycles. The van der Waals surface area contributed by atoms with Crippen LogP contribution < -0.4 is 14.2 Å². The van der Waals surface area contributed by atoms with E-state index in [1.807, 2.05) is 24.3 Å². The molecule has 0 radical (unpaired) electrons. The minimum Gasteiger partial charge on any atom is -0.497 e. The molecule has 1 amide bonds. The van der Waals surface area contributed by atoms with Gasteiger partial charge in [-0.2, -0.15) is 0 Å². The largest absolute Gasteiger partial charge is 0.497 e. The Morgan fingerprint density at radius 2 is 1.96 bits per heavy atom. The van der Waals surface area contributed by atoms with Crippen LogP contribution in [0.1, 0.15) is 10.4 Å². The molecule has 0 aliphatic carbocycles. The number of amides is 1. The van der Waals surface area contributed by atoms with Crippen molar-refractivity contribution in [1.82, 2.24) is 9.88 Å². The van der Waals surface area contributed by atoms with E-state index in [1.54, 1.807) is 37.3 Å². The summed E-state index contributed by atoms with van der Waals surface area (Å²) < 4.78 is 17.5. The van der Waals surface area contributed by atoms with E-state index in [0.717, 1.165) is 10.2 Å². The molecule has 0 N–H and O–H groups in total. The van der Waals surface area contributed by atoms with Crippen LogP contribution in [0.25, 0.3) is 10.2 Å². The maximum absolute atomic E-state index is 12.7. The van der Waals surface area contributed by atoms with Gasteiger partial charge in [0.15, 0.2) is 0 Å². The molecule has 1 fully saturated rings. The molecule has 0 unspecified atom stereocenters. The number of hydrogen-bond donors (Lipinski definition) is 0. The molecule has 1 aliphatic rings. The van der Waals surface area contributed by atoms with Gasteiger partial charge in [0.1, 0.15) is 17.6 Å². The van der Waals surface area contributed by atoms with Gasteiger partial charge in [-0.1, -0.05) is 23.5 Å². The monoisotopic (exact) mass is 370 g/mol. The summed E-state index contributed by atoms with van der Waals surface area (Å²) in [4.78, 5) is 18.9. The zero-order chi connectivity index (χ0) is 18.1. The van der Waals surface area contributed by atoms with Gasteiger partial charge in [-0.15, -0.1) is 0 Å². The van der Waals surface area contributed by atoms with Crippen LogP contribution >= 0.6 is 11.3 Å². The summed E-state index contributed by atoms with van der Waals surface area (Å²) in [6.45, 7) is 1.06. The van der Waals surface area contributed by atoms with Crippen LogP contribution in [-0.4, -0.2) is 49.2 Å². The van der Waals surface area contributed by atoms with Crippen LogP contribution in [0.4, 0.5) is 0 Å². The first-order valence-corrected chi connectivity index (χ1v) is 9.03. The highest BCUT2D eigenvalue weighted by molar-refractivity contribution is 7.20. The summed E-state index contributed by atoms with van der Waals surface area (Å²) in [5.74, 6) is 1.08. The number of carbonyl (C=O) groups excluding carboxylic acids is 1. The Morgan fingerprint density at radius 1 is 1.15 bits per heavy atom. The third-order valence-electron chi connectivity index (χ3n) is 4.32. The van der Waals surface area contributed by atoms with Gasteiger partial charge < -0.3 is 19.1 Å². The summed E-state index contributed by atoms with van der Waals surface area (Å²) in [5, 5.41) is 0.644. The average molecular weight is 370 g/mol. The van der Waals surface area contributed by atoms with Crippen molar-refractivity contribution in [3.8, 4) is 16.7 Å². The predicted molar refractivity (Wildman–Crippen MR) is 99.5 cm³/mol. The fraction of sp³-hybridized carbons (Fsp3) is 0.263. The number of thiazole rings is 1. The Morgan fingerprint density at radius 3 is 2.69 bits per heavy atom. The summed E-state index contributed by atoms with van der Waals surface area (Å²) in [5.41, 5.74) is 1.45. The lowest BCUT2D eigenvalue weighted by Gasteiger charge is -2.38. The van der Waals surface area contributed by atoms with Crippen molar-refractivity contribution >= 4 is 27.5 Å². The lowest BCUT2D eigenvalue weighted by Crippen LogP contribution is -2.56. The first kappa shape index (κ1) is 16.7. The van der Waals surface area contributed by atoms with Crippen molar-refractivity contribution in [3.05, 3.63) is 48.0 Å². The molecule has 7 heteroatoms. The summed E-state index contributed by atoms with van der Waals surface area (Å²) in [6.07, 6.45) is -0.0382. The second kappa shape index (κ2) is 6.84. The van der Waals surface area contributed by atoms with Crippen LogP contribution in [0, 0.1) is 0 Å². The van der Waals surface area contributed by atoms with E-state index < -0.39 is 0 Å². The average Bonchev–Trinajstić information content (AvgIpc) is 3.05. The normalized spacial score (nSPS) is 14.2. The van der Waals surface area contributed by atoms with E-state index in [4.69, 9.17) is 14.2 Å².